The van der Waals surface area contributed by atoms with Crippen molar-refractivity contribution in [3.05, 3.63) is 59.3 Å². The number of hydrogen-bond acceptors (Lipinski definition) is 4. The van der Waals surface area contributed by atoms with Crippen molar-refractivity contribution in [2.24, 2.45) is 0 Å². The van der Waals surface area contributed by atoms with E-state index >= 15 is 0 Å². The zero-order valence-electron chi connectivity index (χ0n) is 14.8. The molecule has 8 heteroatoms. The molecule has 1 aromatic heterocycles. The summed E-state index contributed by atoms with van der Waals surface area (Å²) in [6.45, 7) is 2.60. The number of halogens is 3. The summed E-state index contributed by atoms with van der Waals surface area (Å²) in [5, 5.41) is 8.85. The maximum absolute atomic E-state index is 12.8. The highest BCUT2D eigenvalue weighted by molar-refractivity contribution is 5.94. The van der Waals surface area contributed by atoms with Crippen LogP contribution < -0.4 is 4.74 Å². The molecule has 0 bridgehead atoms. The number of pyridine rings is 1. The first-order valence-electron chi connectivity index (χ1n) is 8.15. The number of hydrogen-bond donors (Lipinski definition) is 0. The molecule has 0 aliphatic carbocycles. The van der Waals surface area contributed by atoms with Gasteiger partial charge in [-0.3, -0.25) is 4.79 Å². The van der Waals surface area contributed by atoms with Gasteiger partial charge < -0.3 is 9.64 Å². The van der Waals surface area contributed by atoms with Crippen molar-refractivity contribution in [2.75, 3.05) is 6.61 Å². The lowest BCUT2D eigenvalue weighted by molar-refractivity contribution is -0.154. The maximum Gasteiger partial charge on any atom is 0.422 e. The van der Waals surface area contributed by atoms with Gasteiger partial charge in [0, 0.05) is 24.8 Å². The normalized spacial score (nSPS) is 11.1. The number of nitrogens with zero attached hydrogens (tertiary/aromatic N) is 3. The molecule has 1 aromatic carbocycles. The molecule has 0 aliphatic rings. The molecule has 1 heterocycles. The molecule has 0 spiro atoms. The van der Waals surface area contributed by atoms with E-state index in [1.54, 1.807) is 29.2 Å². The van der Waals surface area contributed by atoms with Gasteiger partial charge in [-0.1, -0.05) is 12.1 Å². The van der Waals surface area contributed by atoms with Gasteiger partial charge in [0.05, 0.1) is 17.2 Å². The predicted molar refractivity (Wildman–Crippen MR) is 92.0 cm³/mol. The van der Waals surface area contributed by atoms with E-state index in [0.29, 0.717) is 12.1 Å². The molecule has 0 aliphatic heterocycles. The number of carbonyl (C=O) groups is 1. The number of carbonyl (C=O) groups excluding carboxylic acids is 1. The molecule has 0 N–H and O–H groups in total. The summed E-state index contributed by atoms with van der Waals surface area (Å²) >= 11 is 0. The monoisotopic (exact) mass is 377 g/mol. The highest BCUT2D eigenvalue weighted by Crippen LogP contribution is 2.18. The standard InChI is InChI=1S/C19H18F3N3O2/c1-13(2)25(11-15-5-3-14(9-23)4-6-15)18(26)16-7-8-17(24-10-16)27-12-19(20,21)22/h3-8,10,13H,11-12H2,1-2H3. The van der Waals surface area contributed by atoms with Crippen molar-refractivity contribution in [1.82, 2.24) is 9.88 Å². The Morgan fingerprint density at radius 2 is 1.89 bits per heavy atom. The van der Waals surface area contributed by atoms with E-state index in [1.807, 2.05) is 19.9 Å². The minimum Gasteiger partial charge on any atom is -0.468 e. The van der Waals surface area contributed by atoms with Crippen LogP contribution in [0.15, 0.2) is 42.6 Å². The van der Waals surface area contributed by atoms with Crippen LogP contribution in [0.4, 0.5) is 13.2 Å². The lowest BCUT2D eigenvalue weighted by Gasteiger charge is -2.27. The first-order valence-corrected chi connectivity index (χ1v) is 8.15. The van der Waals surface area contributed by atoms with Crippen LogP contribution in [0.1, 0.15) is 35.3 Å². The molecule has 0 unspecified atom stereocenters. The maximum atomic E-state index is 12.8. The van der Waals surface area contributed by atoms with Crippen LogP contribution in [0, 0.1) is 11.3 Å². The molecule has 5 nitrogen and oxygen atoms in total. The lowest BCUT2D eigenvalue weighted by Crippen LogP contribution is -2.36. The predicted octanol–water partition coefficient (Wildman–Crippen LogP) is 3.95. The molecule has 2 rings (SSSR count). The second kappa shape index (κ2) is 8.54. The summed E-state index contributed by atoms with van der Waals surface area (Å²) in [5.74, 6) is -0.503. The smallest absolute Gasteiger partial charge is 0.422 e. The van der Waals surface area contributed by atoms with Crippen LogP contribution in [0.2, 0.25) is 0 Å². The summed E-state index contributed by atoms with van der Waals surface area (Å²) < 4.78 is 41.0. The molecule has 0 atom stereocenters. The second-order valence-electron chi connectivity index (χ2n) is 6.12. The van der Waals surface area contributed by atoms with Crippen LogP contribution >= 0.6 is 0 Å². The third-order valence-corrected chi connectivity index (χ3v) is 3.69. The van der Waals surface area contributed by atoms with E-state index in [9.17, 15) is 18.0 Å². The summed E-state index contributed by atoms with van der Waals surface area (Å²) in [6, 6.07) is 11.4. The molecular formula is C19H18F3N3O2. The zero-order valence-corrected chi connectivity index (χ0v) is 14.8. The molecule has 0 saturated carbocycles. The van der Waals surface area contributed by atoms with Gasteiger partial charge in [0.15, 0.2) is 6.61 Å². The molecule has 142 valence electrons. The summed E-state index contributed by atoms with van der Waals surface area (Å²) in [7, 11) is 0. The Morgan fingerprint density at radius 3 is 2.37 bits per heavy atom. The minimum atomic E-state index is -4.45. The van der Waals surface area contributed by atoms with E-state index < -0.39 is 12.8 Å². The average molecular weight is 377 g/mol. The molecule has 0 fully saturated rings. The molecule has 0 saturated heterocycles. The van der Waals surface area contributed by atoms with Gasteiger partial charge >= 0.3 is 6.18 Å². The number of aromatic nitrogens is 1. The van der Waals surface area contributed by atoms with E-state index in [1.165, 1.54) is 18.3 Å². The average Bonchev–Trinajstić information content (AvgIpc) is 2.64. The number of ether oxygens (including phenoxy) is 1. The highest BCUT2D eigenvalue weighted by Gasteiger charge is 2.28. The first kappa shape index (κ1) is 20.2. The summed E-state index contributed by atoms with van der Waals surface area (Å²) in [4.78, 5) is 18.1. The van der Waals surface area contributed by atoms with Crippen molar-refractivity contribution in [1.29, 1.82) is 5.26 Å². The zero-order chi connectivity index (χ0) is 20.0. The van der Waals surface area contributed by atoms with Crippen molar-refractivity contribution < 1.29 is 22.7 Å². The number of amides is 1. The van der Waals surface area contributed by atoms with Gasteiger partial charge in [-0.25, -0.2) is 4.98 Å². The van der Waals surface area contributed by atoms with Crippen LogP contribution in [0.3, 0.4) is 0 Å². The minimum absolute atomic E-state index is 0.116. The lowest BCUT2D eigenvalue weighted by atomic mass is 10.1. The molecule has 0 radical (unpaired) electrons. The fraction of sp³-hybridized carbons (Fsp3) is 0.316. The number of alkyl halides is 3. The van der Waals surface area contributed by atoms with Crippen molar-refractivity contribution in [3.8, 4) is 11.9 Å². The fourth-order valence-corrected chi connectivity index (χ4v) is 2.28. The number of benzene rings is 1. The van der Waals surface area contributed by atoms with Crippen molar-refractivity contribution in [3.63, 3.8) is 0 Å². The Bertz CT molecular complexity index is 810. The van der Waals surface area contributed by atoms with Gasteiger partial charge in [0.25, 0.3) is 5.91 Å². The second-order valence-corrected chi connectivity index (χ2v) is 6.12. The summed E-state index contributed by atoms with van der Waals surface area (Å²) in [5.41, 5.74) is 1.63. The van der Waals surface area contributed by atoms with Gasteiger partial charge in [-0.2, -0.15) is 18.4 Å². The Hall–Kier alpha value is -3.08. The number of nitriles is 1. The Kier molecular flexibility index (Phi) is 6.40. The molecule has 2 aromatic rings. The van der Waals surface area contributed by atoms with Crippen molar-refractivity contribution in [2.45, 2.75) is 32.6 Å². The molecule has 27 heavy (non-hydrogen) atoms. The molecule has 1 amide bonds. The quantitative estimate of drug-likeness (QED) is 0.765. The Labute approximate surface area is 155 Å². The van der Waals surface area contributed by atoms with Gasteiger partial charge in [0.2, 0.25) is 5.88 Å². The van der Waals surface area contributed by atoms with Gasteiger partial charge in [0.1, 0.15) is 0 Å². The molecular weight excluding hydrogens is 359 g/mol. The Balaban J connectivity index is 2.10. The van der Waals surface area contributed by atoms with E-state index in [-0.39, 0.29) is 23.4 Å². The fourth-order valence-electron chi connectivity index (χ4n) is 2.28. The van der Waals surface area contributed by atoms with Crippen molar-refractivity contribution >= 4 is 5.91 Å². The Morgan fingerprint density at radius 1 is 1.22 bits per heavy atom. The van der Waals surface area contributed by atoms with Crippen LogP contribution in [0.25, 0.3) is 0 Å². The van der Waals surface area contributed by atoms with E-state index in [4.69, 9.17) is 5.26 Å². The van der Waals surface area contributed by atoms with Gasteiger partial charge in [-0.15, -0.1) is 0 Å². The van der Waals surface area contributed by atoms with E-state index in [2.05, 4.69) is 9.72 Å². The largest absolute Gasteiger partial charge is 0.468 e. The third-order valence-electron chi connectivity index (χ3n) is 3.69. The first-order chi connectivity index (χ1) is 12.7. The third kappa shape index (κ3) is 5.99. The topological polar surface area (TPSA) is 66.2 Å². The summed E-state index contributed by atoms with van der Waals surface area (Å²) in [6.07, 6.45) is -3.26. The van der Waals surface area contributed by atoms with Crippen LogP contribution in [0.5, 0.6) is 5.88 Å². The van der Waals surface area contributed by atoms with Crippen LogP contribution in [-0.2, 0) is 6.54 Å². The van der Waals surface area contributed by atoms with E-state index in [0.717, 1.165) is 5.56 Å². The van der Waals surface area contributed by atoms with Crippen LogP contribution in [-0.4, -0.2) is 34.6 Å². The van der Waals surface area contributed by atoms with Gasteiger partial charge in [-0.05, 0) is 37.6 Å². The highest BCUT2D eigenvalue weighted by atomic mass is 19.4. The number of rotatable bonds is 6. The SMILES string of the molecule is CC(C)N(Cc1ccc(C#N)cc1)C(=O)c1ccc(OCC(F)(F)F)nc1.